The summed E-state index contributed by atoms with van der Waals surface area (Å²) in [4.78, 5) is 22.4. The van der Waals surface area contributed by atoms with Crippen LogP contribution in [0.25, 0.3) is 0 Å². The number of benzene rings is 1. The van der Waals surface area contributed by atoms with Gasteiger partial charge in [-0.1, -0.05) is 38.1 Å². The van der Waals surface area contributed by atoms with Gasteiger partial charge in [-0.05, 0) is 5.56 Å². The predicted molar refractivity (Wildman–Crippen MR) is 57.0 cm³/mol. The third kappa shape index (κ3) is 2.91. The largest absolute Gasteiger partial charge is 0.481 e. The number of carbonyl (C=O) groups is 2. The molecule has 0 fully saturated rings. The number of aliphatic carboxylic acids is 1. The van der Waals surface area contributed by atoms with Crippen molar-refractivity contribution < 1.29 is 14.7 Å². The van der Waals surface area contributed by atoms with E-state index in [2.05, 4.69) is 0 Å². The molecular formula is C12H14O3. The molecule has 0 aliphatic carbocycles. The van der Waals surface area contributed by atoms with Crippen molar-refractivity contribution in [3.8, 4) is 0 Å². The topological polar surface area (TPSA) is 54.4 Å². The van der Waals surface area contributed by atoms with Crippen LogP contribution in [0.5, 0.6) is 0 Å². The van der Waals surface area contributed by atoms with Crippen LogP contribution in [0.1, 0.15) is 29.8 Å². The molecule has 3 nitrogen and oxygen atoms in total. The van der Waals surface area contributed by atoms with Crippen molar-refractivity contribution in [1.29, 1.82) is 0 Å². The van der Waals surface area contributed by atoms with E-state index in [4.69, 9.17) is 5.11 Å². The number of ketones is 1. The molecule has 0 spiro atoms. The van der Waals surface area contributed by atoms with Gasteiger partial charge in [0.1, 0.15) is 0 Å². The Hall–Kier alpha value is -1.64. The van der Waals surface area contributed by atoms with Gasteiger partial charge >= 0.3 is 5.97 Å². The van der Waals surface area contributed by atoms with Gasteiger partial charge in [-0.2, -0.15) is 0 Å². The first-order chi connectivity index (χ1) is 7.02. The molecule has 0 atom stereocenters. The van der Waals surface area contributed by atoms with Crippen LogP contribution < -0.4 is 0 Å². The molecule has 80 valence electrons. The van der Waals surface area contributed by atoms with Gasteiger partial charge in [-0.3, -0.25) is 9.59 Å². The van der Waals surface area contributed by atoms with E-state index in [0.717, 1.165) is 0 Å². The number of carboxylic acid groups (broad SMARTS) is 1. The molecule has 15 heavy (non-hydrogen) atoms. The van der Waals surface area contributed by atoms with E-state index >= 15 is 0 Å². The van der Waals surface area contributed by atoms with Crippen LogP contribution in [0.2, 0.25) is 0 Å². The SMILES string of the molecule is CC(C)C(=O)c1ccccc1CC(=O)O. The van der Waals surface area contributed by atoms with Crippen LogP contribution in [-0.2, 0) is 11.2 Å². The molecule has 0 heterocycles. The minimum atomic E-state index is -0.918. The van der Waals surface area contributed by atoms with Crippen molar-refractivity contribution >= 4 is 11.8 Å². The second kappa shape index (κ2) is 4.73. The quantitative estimate of drug-likeness (QED) is 0.768. The molecule has 0 aliphatic heterocycles. The third-order valence-corrected chi connectivity index (χ3v) is 2.15. The fourth-order valence-corrected chi connectivity index (χ4v) is 1.39. The van der Waals surface area contributed by atoms with Gasteiger partial charge in [0.15, 0.2) is 5.78 Å². The normalized spacial score (nSPS) is 10.3. The van der Waals surface area contributed by atoms with Crippen LogP contribution in [0.3, 0.4) is 0 Å². The third-order valence-electron chi connectivity index (χ3n) is 2.15. The first kappa shape index (κ1) is 11.4. The maximum atomic E-state index is 11.8. The smallest absolute Gasteiger partial charge is 0.307 e. The highest BCUT2D eigenvalue weighted by molar-refractivity contribution is 5.99. The first-order valence-corrected chi connectivity index (χ1v) is 4.86. The van der Waals surface area contributed by atoms with E-state index in [9.17, 15) is 9.59 Å². The van der Waals surface area contributed by atoms with Crippen LogP contribution in [0.4, 0.5) is 0 Å². The summed E-state index contributed by atoms with van der Waals surface area (Å²) in [5.74, 6) is -1.04. The molecule has 0 amide bonds. The van der Waals surface area contributed by atoms with Crippen molar-refractivity contribution in [3.05, 3.63) is 35.4 Å². The Morgan fingerprint density at radius 3 is 2.40 bits per heavy atom. The van der Waals surface area contributed by atoms with E-state index in [1.54, 1.807) is 38.1 Å². The molecule has 0 saturated heterocycles. The summed E-state index contributed by atoms with van der Waals surface area (Å²) < 4.78 is 0. The zero-order valence-corrected chi connectivity index (χ0v) is 8.86. The Morgan fingerprint density at radius 1 is 1.27 bits per heavy atom. The fourth-order valence-electron chi connectivity index (χ4n) is 1.39. The van der Waals surface area contributed by atoms with E-state index in [0.29, 0.717) is 11.1 Å². The lowest BCUT2D eigenvalue weighted by Crippen LogP contribution is -2.12. The van der Waals surface area contributed by atoms with Crippen molar-refractivity contribution in [2.24, 2.45) is 5.92 Å². The molecule has 0 aromatic heterocycles. The molecule has 0 radical (unpaired) electrons. The number of hydrogen-bond donors (Lipinski definition) is 1. The number of carbonyl (C=O) groups excluding carboxylic acids is 1. The summed E-state index contributed by atoms with van der Waals surface area (Å²) in [5, 5.41) is 8.70. The summed E-state index contributed by atoms with van der Waals surface area (Å²) in [7, 11) is 0. The molecule has 1 N–H and O–H groups in total. The Labute approximate surface area is 88.7 Å². The van der Waals surface area contributed by atoms with Gasteiger partial charge in [-0.15, -0.1) is 0 Å². The van der Waals surface area contributed by atoms with Gasteiger partial charge in [0.2, 0.25) is 0 Å². The van der Waals surface area contributed by atoms with Crippen LogP contribution in [0, 0.1) is 5.92 Å². The van der Waals surface area contributed by atoms with Crippen LogP contribution in [0.15, 0.2) is 24.3 Å². The van der Waals surface area contributed by atoms with E-state index in [-0.39, 0.29) is 18.1 Å². The van der Waals surface area contributed by atoms with Crippen molar-refractivity contribution in [3.63, 3.8) is 0 Å². The maximum absolute atomic E-state index is 11.8. The average Bonchev–Trinajstić information content (AvgIpc) is 2.16. The van der Waals surface area contributed by atoms with Crippen molar-refractivity contribution in [2.75, 3.05) is 0 Å². The zero-order chi connectivity index (χ0) is 11.4. The average molecular weight is 206 g/mol. The number of carboxylic acids is 1. The second-order valence-corrected chi connectivity index (χ2v) is 3.75. The minimum Gasteiger partial charge on any atom is -0.481 e. The van der Waals surface area contributed by atoms with E-state index < -0.39 is 5.97 Å². The molecule has 0 unspecified atom stereocenters. The fraction of sp³-hybridized carbons (Fsp3) is 0.333. The van der Waals surface area contributed by atoms with Crippen molar-refractivity contribution in [1.82, 2.24) is 0 Å². The number of Topliss-reactive ketones (excluding diaryl/α,β-unsaturated/α-hetero) is 1. The monoisotopic (exact) mass is 206 g/mol. The lowest BCUT2D eigenvalue weighted by Gasteiger charge is -2.08. The summed E-state index contributed by atoms with van der Waals surface area (Å²) in [6.07, 6.45) is -0.103. The highest BCUT2D eigenvalue weighted by Crippen LogP contribution is 2.14. The second-order valence-electron chi connectivity index (χ2n) is 3.75. The van der Waals surface area contributed by atoms with Gasteiger partial charge in [0, 0.05) is 11.5 Å². The minimum absolute atomic E-state index is 0.00755. The Balaban J connectivity index is 3.06. The van der Waals surface area contributed by atoms with Gasteiger partial charge in [0.05, 0.1) is 6.42 Å². The predicted octanol–water partition coefficient (Wildman–Crippen LogP) is 2.15. The van der Waals surface area contributed by atoms with Gasteiger partial charge < -0.3 is 5.11 Å². The van der Waals surface area contributed by atoms with Crippen molar-refractivity contribution in [2.45, 2.75) is 20.3 Å². The lowest BCUT2D eigenvalue weighted by molar-refractivity contribution is -0.136. The van der Waals surface area contributed by atoms with Gasteiger partial charge in [0.25, 0.3) is 0 Å². The molecule has 1 aromatic carbocycles. The molecule has 1 rings (SSSR count). The zero-order valence-electron chi connectivity index (χ0n) is 8.86. The molecule has 3 heteroatoms. The summed E-state index contributed by atoms with van der Waals surface area (Å²) in [5.41, 5.74) is 1.11. The summed E-state index contributed by atoms with van der Waals surface area (Å²) >= 11 is 0. The molecule has 0 saturated carbocycles. The van der Waals surface area contributed by atoms with Gasteiger partial charge in [-0.25, -0.2) is 0 Å². The highest BCUT2D eigenvalue weighted by atomic mass is 16.4. The lowest BCUT2D eigenvalue weighted by atomic mass is 9.95. The van der Waals surface area contributed by atoms with E-state index in [1.807, 2.05) is 0 Å². The first-order valence-electron chi connectivity index (χ1n) is 4.86. The molecular weight excluding hydrogens is 192 g/mol. The van der Waals surface area contributed by atoms with E-state index in [1.165, 1.54) is 0 Å². The van der Waals surface area contributed by atoms with Crippen LogP contribution in [-0.4, -0.2) is 16.9 Å². The number of hydrogen-bond acceptors (Lipinski definition) is 2. The van der Waals surface area contributed by atoms with Crippen LogP contribution >= 0.6 is 0 Å². The summed E-state index contributed by atoms with van der Waals surface area (Å²) in [6.45, 7) is 3.61. The Bertz CT molecular complexity index is 380. The standard InChI is InChI=1S/C12H14O3/c1-8(2)12(15)10-6-4-3-5-9(10)7-11(13)14/h3-6,8H,7H2,1-2H3,(H,13,14). The summed E-state index contributed by atoms with van der Waals surface area (Å²) in [6, 6.07) is 6.86. The maximum Gasteiger partial charge on any atom is 0.307 e. The Morgan fingerprint density at radius 2 is 1.87 bits per heavy atom. The highest BCUT2D eigenvalue weighted by Gasteiger charge is 2.15. The molecule has 0 bridgehead atoms. The molecule has 1 aromatic rings. The molecule has 0 aliphatic rings. The Kier molecular flexibility index (Phi) is 3.61. The number of rotatable bonds is 4.